The van der Waals surface area contributed by atoms with Crippen LogP contribution in [-0.4, -0.2) is 89.2 Å². The topological polar surface area (TPSA) is 320 Å². The van der Waals surface area contributed by atoms with Gasteiger partial charge in [-0.2, -0.15) is 0 Å². The van der Waals surface area contributed by atoms with Crippen LogP contribution in [0.3, 0.4) is 0 Å². The van der Waals surface area contributed by atoms with Gasteiger partial charge in [-0.1, -0.05) is 235 Å². The summed E-state index contributed by atoms with van der Waals surface area (Å²) in [5.41, 5.74) is 4.59. The molecule has 0 saturated heterocycles. The maximum absolute atomic E-state index is 10.8. The minimum atomic E-state index is -0.975. The molecule has 7 N–H and O–H groups in total. The van der Waals surface area contributed by atoms with Crippen LogP contribution in [0.2, 0.25) is 0 Å². The summed E-state index contributed by atoms with van der Waals surface area (Å²) < 4.78 is 22.4. The number of carbonyl (C=O) groups excluding carboxylic acids is 1. The molecule has 0 atom stereocenters. The summed E-state index contributed by atoms with van der Waals surface area (Å²) in [5, 5.41) is 85.5. The summed E-state index contributed by atoms with van der Waals surface area (Å²) >= 11 is 9.54. The van der Waals surface area contributed by atoms with Gasteiger partial charge in [-0.25, -0.2) is 0 Å². The first-order chi connectivity index (χ1) is 42.6. The predicted octanol–water partition coefficient (Wildman–Crippen LogP) is 11.6. The second-order valence-electron chi connectivity index (χ2n) is 23.0. The third-order valence-corrected chi connectivity index (χ3v) is 10.0. The number of carbonyl (C=O) groups is 2. The van der Waals surface area contributed by atoms with Gasteiger partial charge in [0.15, 0.2) is 0 Å². The van der Waals surface area contributed by atoms with E-state index in [-0.39, 0.29) is 36.4 Å². The molecule has 0 amide bonds. The number of aryl methyl sites for hydroxylation is 4. The molecule has 5 rings (SSSR count). The van der Waals surface area contributed by atoms with Gasteiger partial charge in [0.05, 0.1) is 7.11 Å². The number of aliphatic hydroxyl groups is 1. The Morgan fingerprint density at radius 3 is 0.902 bits per heavy atom. The van der Waals surface area contributed by atoms with Gasteiger partial charge in [0.2, 0.25) is 0 Å². The summed E-state index contributed by atoms with van der Waals surface area (Å²) in [6, 6.07) is 51.7. The molecule has 0 bridgehead atoms. The minimum Gasteiger partial charge on any atom is -0.481 e. The Balaban J connectivity index is -0.000000231. The standard InChI is InChI=1S/C17H21N.C11H14O2.C10H12O2.C10H14O.4C5H11NO2.I3.I2.HI/c1-3-9-16(10-4-1)11-7-8-14-18-15-17-12-5-2-6-13-17;1-13-11(12)9-5-8-10-6-3-2-4-7-10;11-10(12)8-4-7-9-5-2-1-3-6-9;11-9-5-4-8-10-6-2-1-3-7-10;4*1-5(2,3)8-4(6)7;1-3-2;1-2;/h1-6,9-10,12-13,18H,7-8,11,14-15H2;2-4,6-7H,5,8-9H2,1H3;1-3,5-6H,4,7-8H2,(H,11,12);1-3,6-7,11H,4-5,8-9H2;4*1-3H3,(H2,6,7);;;1H/q;;;;;;;;-1;;/p-4. The van der Waals surface area contributed by atoms with Gasteiger partial charge < -0.3 is 59.6 Å². The molecular formula is C68H102I6N5O13-5. The summed E-state index contributed by atoms with van der Waals surface area (Å²) in [7, 11) is 1.42. The fourth-order valence-corrected chi connectivity index (χ4v) is 6.52. The molecule has 0 aromatic heterocycles. The fourth-order valence-electron chi connectivity index (χ4n) is 6.52. The number of nitrogens with one attached hydrogen (secondary N) is 5. The molecule has 524 valence electrons. The maximum atomic E-state index is 10.8. The molecule has 92 heavy (non-hydrogen) atoms. The molecule has 0 fully saturated rings. The SMILES string of the molecule is CC(C)(C)OC(=N)[O-].CC(C)(C)OC(=N)[O-].CC(C)(C)OC(=N)[O-].CC(C)(C)OC(=N)[O-].COC(=O)CCCc1ccccc1.I.II.I[I-]I.O=C(O)CCCc1ccccc1.OCCCCc1ccccc1.c1ccc(CCCCNCc2ccccc2)cc1. The number of rotatable bonds is 19. The molecule has 5 aromatic carbocycles. The number of methoxy groups -OCH3 is 1. The van der Waals surface area contributed by atoms with E-state index in [9.17, 15) is 30.0 Å². The summed E-state index contributed by atoms with van der Waals surface area (Å²) in [5.74, 6) is -0.845. The van der Waals surface area contributed by atoms with Gasteiger partial charge in [-0.05, 0) is 98.6 Å². The van der Waals surface area contributed by atoms with Crippen molar-refractivity contribution in [1.29, 1.82) is 21.6 Å². The van der Waals surface area contributed by atoms with Crippen molar-refractivity contribution in [3.05, 3.63) is 179 Å². The number of carboxylic acid groups (broad SMARTS) is 1. The van der Waals surface area contributed by atoms with Crippen molar-refractivity contribution < 1.29 is 77.2 Å². The van der Waals surface area contributed by atoms with Crippen molar-refractivity contribution in [2.45, 2.75) is 189 Å². The molecule has 0 heterocycles. The smallest absolute Gasteiger partial charge is 0.303 e. The average Bonchev–Trinajstić information content (AvgIpc) is 3.69. The first-order valence-electron chi connectivity index (χ1n) is 29.2. The fraction of sp³-hybridized carbons (Fsp3) is 0.471. The zero-order valence-electron chi connectivity index (χ0n) is 55.7. The van der Waals surface area contributed by atoms with Crippen molar-refractivity contribution >= 4 is 135 Å². The molecule has 0 aliphatic rings. The predicted molar refractivity (Wildman–Crippen MR) is 408 cm³/mol. The zero-order valence-corrected chi connectivity index (χ0v) is 68.8. The number of hydrogen-bond donors (Lipinski definition) is 7. The monoisotopic (exact) mass is 1960 g/mol. The Bertz CT molecular complexity index is 2380. The first kappa shape index (κ1) is 99.5. The second-order valence-corrected chi connectivity index (χ2v) is 39.2. The van der Waals surface area contributed by atoms with E-state index < -0.39 is 52.7 Å². The van der Waals surface area contributed by atoms with E-state index >= 15 is 0 Å². The molecule has 0 saturated carbocycles. The Labute approximate surface area is 620 Å². The van der Waals surface area contributed by atoms with Crippen LogP contribution in [-0.2, 0) is 65.5 Å². The van der Waals surface area contributed by atoms with Crippen molar-refractivity contribution in [1.82, 2.24) is 5.32 Å². The zero-order chi connectivity index (χ0) is 70.6. The number of ether oxygens (including phenoxy) is 5. The quantitative estimate of drug-likeness (QED) is 0.0133. The molecule has 18 nitrogen and oxygen atoms in total. The van der Waals surface area contributed by atoms with E-state index in [1.807, 2.05) is 66.7 Å². The van der Waals surface area contributed by atoms with Crippen molar-refractivity contribution in [2.75, 3.05) is 20.3 Å². The van der Waals surface area contributed by atoms with Gasteiger partial charge in [-0.15, -0.1) is 24.0 Å². The van der Waals surface area contributed by atoms with Gasteiger partial charge in [-0.3, -0.25) is 31.2 Å². The van der Waals surface area contributed by atoms with Gasteiger partial charge >= 0.3 is 62.4 Å². The average molecular weight is 1960 g/mol. The number of esters is 1. The van der Waals surface area contributed by atoms with Gasteiger partial charge in [0, 0.05) is 85.6 Å². The molecule has 0 spiro atoms. The number of carboxylic acids is 1. The number of hydrogen-bond acceptors (Lipinski definition) is 17. The van der Waals surface area contributed by atoms with E-state index in [4.69, 9.17) is 31.9 Å². The molecule has 0 radical (unpaired) electrons. The van der Waals surface area contributed by atoms with E-state index in [1.165, 1.54) is 54.2 Å². The molecule has 5 aromatic rings. The molecule has 0 unspecified atom stereocenters. The molecular weight excluding hydrogens is 1860 g/mol. The molecule has 0 aliphatic carbocycles. The van der Waals surface area contributed by atoms with Crippen LogP contribution in [0, 0.1) is 21.6 Å². The summed E-state index contributed by atoms with van der Waals surface area (Å²) in [6.45, 7) is 23.0. The number of halogens is 6. The summed E-state index contributed by atoms with van der Waals surface area (Å²) in [6.07, 6.45) is 7.00. The number of benzene rings is 5. The second kappa shape index (κ2) is 64.7. The van der Waals surface area contributed by atoms with Gasteiger partial charge in [0.25, 0.3) is 0 Å². The van der Waals surface area contributed by atoms with E-state index in [1.54, 1.807) is 83.1 Å². The van der Waals surface area contributed by atoms with Crippen LogP contribution < -0.4 is 39.0 Å². The number of aliphatic carboxylic acids is 1. The van der Waals surface area contributed by atoms with Crippen LogP contribution in [0.15, 0.2) is 152 Å². The number of aliphatic hydroxyl groups excluding tert-OH is 1. The third-order valence-electron chi connectivity index (χ3n) is 10.0. The largest absolute Gasteiger partial charge is 0.481 e. The minimum absolute atomic E-state index is 0. The Morgan fingerprint density at radius 2 is 0.685 bits per heavy atom. The maximum Gasteiger partial charge on any atom is 0.303 e. The van der Waals surface area contributed by atoms with E-state index in [0.717, 1.165) is 58.0 Å². The Morgan fingerprint density at radius 1 is 0.446 bits per heavy atom. The van der Waals surface area contributed by atoms with E-state index in [2.05, 4.69) is 188 Å². The molecule has 0 aliphatic heterocycles. The van der Waals surface area contributed by atoms with E-state index in [0.29, 0.717) is 26.3 Å². The normalized spacial score (nSPS) is 9.93. The van der Waals surface area contributed by atoms with Gasteiger partial charge in [0.1, 0.15) is 24.3 Å². The van der Waals surface area contributed by atoms with Crippen LogP contribution in [0.25, 0.3) is 0 Å². The number of unbranched alkanes of at least 4 members (excludes halogenated alkanes) is 2. The third kappa shape index (κ3) is 88.5. The Hall–Kier alpha value is -3.58. The molecule has 24 heteroatoms. The van der Waals surface area contributed by atoms with Crippen LogP contribution in [0.4, 0.5) is 0 Å². The Kier molecular flexibility index (Phi) is 70.0. The van der Waals surface area contributed by atoms with Crippen LogP contribution >= 0.6 is 98.4 Å². The van der Waals surface area contributed by atoms with Crippen molar-refractivity contribution in [3.63, 3.8) is 0 Å². The van der Waals surface area contributed by atoms with Crippen molar-refractivity contribution in [2.24, 2.45) is 0 Å². The van der Waals surface area contributed by atoms with Crippen LogP contribution in [0.5, 0.6) is 0 Å². The first-order valence-corrected chi connectivity index (χ1v) is 48.0. The van der Waals surface area contributed by atoms with Crippen molar-refractivity contribution in [3.8, 4) is 0 Å². The summed E-state index contributed by atoms with van der Waals surface area (Å²) in [4.78, 5) is 21.0. The van der Waals surface area contributed by atoms with Crippen LogP contribution in [0.1, 0.15) is 162 Å².